The van der Waals surface area contributed by atoms with Gasteiger partial charge >= 0.3 is 0 Å². The molecule has 5 unspecified atom stereocenters. The summed E-state index contributed by atoms with van der Waals surface area (Å²) in [4.78, 5) is 72.5. The molecule has 13 nitrogen and oxygen atoms in total. The number of nitrogens with zero attached hydrogens (tertiary/aromatic N) is 2. The number of carbonyl (C=O) groups is 4. The van der Waals surface area contributed by atoms with Crippen molar-refractivity contribution < 1.29 is 42.5 Å². The Kier molecular flexibility index (Phi) is 9.70. The monoisotopic (exact) mass is 797 g/mol. The van der Waals surface area contributed by atoms with Crippen LogP contribution in [-0.2, 0) is 29.0 Å². The smallest absolute Gasteiger partial charge is 0.250 e. The summed E-state index contributed by atoms with van der Waals surface area (Å²) >= 11 is 6.67. The largest absolute Gasteiger partial charge is 0.497 e. The molecule has 5 heterocycles. The number of benzene rings is 2. The van der Waals surface area contributed by atoms with Crippen molar-refractivity contribution in [1.82, 2.24) is 14.8 Å². The first-order valence-electron chi connectivity index (χ1n) is 19.1. The molecule has 0 saturated carbocycles. The number of pyridine rings is 1. The number of hydrogen-bond acceptors (Lipinski definition) is 10. The van der Waals surface area contributed by atoms with Crippen molar-refractivity contribution in [2.75, 3.05) is 34.4 Å². The first kappa shape index (κ1) is 38.3. The maximum absolute atomic E-state index is 15.0. The molecule has 57 heavy (non-hydrogen) atoms. The fraction of sp³-hybridized carbons (Fsp3) is 0.419. The fourth-order valence-corrected chi connectivity index (χ4v) is 9.41. The van der Waals surface area contributed by atoms with Gasteiger partial charge in [-0.25, -0.2) is 0 Å². The topological polar surface area (TPSA) is 156 Å². The second kappa shape index (κ2) is 14.4. The van der Waals surface area contributed by atoms with E-state index in [0.29, 0.717) is 36.7 Å². The average molecular weight is 798 g/mol. The van der Waals surface area contributed by atoms with E-state index < -0.39 is 35.0 Å². The maximum atomic E-state index is 15.0. The Bertz CT molecular complexity index is 2380. The number of fused-ring (bicyclic) bond motifs is 6. The van der Waals surface area contributed by atoms with Crippen molar-refractivity contribution in [2.24, 2.45) is 17.8 Å². The highest BCUT2D eigenvalue weighted by molar-refractivity contribution is 6.36. The number of ether oxygens (including phenoxy) is 4. The van der Waals surface area contributed by atoms with E-state index in [0.717, 1.165) is 12.1 Å². The zero-order valence-corrected chi connectivity index (χ0v) is 33.4. The number of carbonyl (C=O) groups excluding carboxylic acids is 4. The van der Waals surface area contributed by atoms with Gasteiger partial charge in [0.25, 0.3) is 5.56 Å². The number of Topliss-reactive ketones (excluding diaryl/α,β-unsaturated/α-hetero) is 2. The van der Waals surface area contributed by atoms with Crippen molar-refractivity contribution in [3.05, 3.63) is 92.1 Å². The normalized spacial score (nSPS) is 22.4. The Morgan fingerprint density at radius 2 is 1.67 bits per heavy atom. The van der Waals surface area contributed by atoms with Crippen LogP contribution in [0.3, 0.4) is 0 Å². The van der Waals surface area contributed by atoms with Gasteiger partial charge in [0.05, 0.1) is 33.3 Å². The summed E-state index contributed by atoms with van der Waals surface area (Å²) in [6, 6.07) is 12.9. The Balaban J connectivity index is 1.13. The third kappa shape index (κ3) is 6.09. The number of furan rings is 1. The predicted molar refractivity (Wildman–Crippen MR) is 209 cm³/mol. The Morgan fingerprint density at radius 1 is 0.947 bits per heavy atom. The van der Waals surface area contributed by atoms with Crippen LogP contribution in [0.4, 0.5) is 0 Å². The van der Waals surface area contributed by atoms with Crippen LogP contribution in [-0.4, -0.2) is 78.9 Å². The van der Waals surface area contributed by atoms with Crippen LogP contribution in [0.2, 0.25) is 5.02 Å². The summed E-state index contributed by atoms with van der Waals surface area (Å²) in [5.74, 6) is -1.36. The lowest BCUT2D eigenvalue weighted by Gasteiger charge is -2.44. The van der Waals surface area contributed by atoms with Crippen LogP contribution in [0.5, 0.6) is 23.0 Å². The molecule has 5 atom stereocenters. The summed E-state index contributed by atoms with van der Waals surface area (Å²) in [6.45, 7) is 6.91. The van der Waals surface area contributed by atoms with Crippen LogP contribution >= 0.6 is 11.6 Å². The SMILES string of the molecule is COc1ccc(-c2oc3c(c2CC(=O)NC(C(=O)N2CC4CC(C2)c2cccc(=O)n2C4)C(C)C)C(=O)C2(Oc4c(Cl)c(OC)cc(OC)c4C2=O)C(C)C3)cc1. The highest BCUT2D eigenvalue weighted by Gasteiger charge is 2.63. The molecule has 0 radical (unpaired) electrons. The third-order valence-electron chi connectivity index (χ3n) is 12.0. The van der Waals surface area contributed by atoms with Crippen molar-refractivity contribution in [3.63, 3.8) is 0 Å². The van der Waals surface area contributed by atoms with Crippen LogP contribution in [0, 0.1) is 17.8 Å². The molecule has 2 aromatic heterocycles. The Morgan fingerprint density at radius 3 is 2.35 bits per heavy atom. The molecular formula is C43H44ClN3O10. The van der Waals surface area contributed by atoms with Crippen LogP contribution in [0.25, 0.3) is 11.3 Å². The molecule has 2 amide bonds. The minimum Gasteiger partial charge on any atom is -0.497 e. The lowest BCUT2D eigenvalue weighted by Crippen LogP contribution is -2.57. The van der Waals surface area contributed by atoms with E-state index in [1.165, 1.54) is 20.3 Å². The number of piperidine rings is 1. The minimum atomic E-state index is -2.03. The lowest BCUT2D eigenvalue weighted by molar-refractivity contribution is -0.140. The van der Waals surface area contributed by atoms with Gasteiger partial charge in [-0.15, -0.1) is 0 Å². The van der Waals surface area contributed by atoms with Gasteiger partial charge in [-0.3, -0.25) is 24.0 Å². The number of methoxy groups -OCH3 is 3. The first-order chi connectivity index (χ1) is 27.3. The quantitative estimate of drug-likeness (QED) is 0.215. The molecule has 2 aromatic carbocycles. The first-order valence-corrected chi connectivity index (χ1v) is 19.5. The van der Waals surface area contributed by atoms with Gasteiger partial charge in [0.2, 0.25) is 29.0 Å². The Hall–Kier alpha value is -5.56. The molecular weight excluding hydrogens is 754 g/mol. The summed E-state index contributed by atoms with van der Waals surface area (Å²) in [5.41, 5.74) is -0.214. The second-order valence-corrected chi connectivity index (χ2v) is 16.1. The fourth-order valence-electron chi connectivity index (χ4n) is 9.15. The second-order valence-electron chi connectivity index (χ2n) is 15.7. The van der Waals surface area contributed by atoms with Crippen LogP contribution in [0.15, 0.2) is 57.7 Å². The molecule has 1 spiro atoms. The molecule has 3 aliphatic heterocycles. The molecule has 4 aliphatic rings. The highest BCUT2D eigenvalue weighted by Crippen LogP contribution is 2.54. The van der Waals surface area contributed by atoms with Crippen molar-refractivity contribution in [2.45, 2.75) is 64.1 Å². The number of amides is 2. The van der Waals surface area contributed by atoms with Crippen molar-refractivity contribution >= 4 is 35.0 Å². The van der Waals surface area contributed by atoms with E-state index in [-0.39, 0.29) is 86.8 Å². The molecule has 4 aromatic rings. The molecule has 1 fully saturated rings. The number of rotatable bonds is 9. The van der Waals surface area contributed by atoms with Gasteiger partial charge in [0.1, 0.15) is 45.4 Å². The molecule has 8 rings (SSSR count). The standard InChI is InChI=1S/C43H44ClN3O10/c1-21(2)37(42(52)46-18-23-15-25(20-46)28-8-7-9-33(49)47(28)19-23)45-32(48)16-27-34-30(56-38(27)24-10-12-26(53-4)13-11-24)14-22(3)43(40(34)50)41(51)35-29(54-5)17-31(55-6)36(44)39(35)57-43/h7-13,17,21-23,25,37H,14-16,18-20H2,1-6H3,(H,45,48). The van der Waals surface area contributed by atoms with Gasteiger partial charge in [0.15, 0.2) is 5.75 Å². The lowest BCUT2D eigenvalue weighted by atomic mass is 9.70. The van der Waals surface area contributed by atoms with E-state index in [9.17, 15) is 19.2 Å². The van der Waals surface area contributed by atoms with Gasteiger partial charge in [0, 0.05) is 66.8 Å². The number of hydrogen-bond donors (Lipinski definition) is 1. The van der Waals surface area contributed by atoms with Crippen LogP contribution < -0.4 is 29.8 Å². The van der Waals surface area contributed by atoms with E-state index >= 15 is 4.79 Å². The number of ketones is 2. The molecule has 1 aliphatic carbocycles. The molecule has 298 valence electrons. The molecule has 14 heteroatoms. The van der Waals surface area contributed by atoms with Gasteiger partial charge in [-0.05, 0) is 48.6 Å². The van der Waals surface area contributed by atoms with Gasteiger partial charge in [-0.2, -0.15) is 0 Å². The summed E-state index contributed by atoms with van der Waals surface area (Å²) in [5, 5.41) is 3.01. The zero-order valence-electron chi connectivity index (χ0n) is 32.6. The number of halogens is 1. The molecule has 2 bridgehead atoms. The number of likely N-dealkylation sites (tertiary alicyclic amines) is 1. The molecule has 1 saturated heterocycles. The third-order valence-corrected chi connectivity index (χ3v) is 12.3. The summed E-state index contributed by atoms with van der Waals surface area (Å²) in [7, 11) is 4.36. The van der Waals surface area contributed by atoms with Gasteiger partial charge < -0.3 is 38.1 Å². The highest BCUT2D eigenvalue weighted by atomic mass is 35.5. The predicted octanol–water partition coefficient (Wildman–Crippen LogP) is 5.51. The summed E-state index contributed by atoms with van der Waals surface area (Å²) < 4.78 is 31.0. The minimum absolute atomic E-state index is 0.00619. The van der Waals surface area contributed by atoms with Crippen molar-refractivity contribution in [3.8, 4) is 34.3 Å². The van der Waals surface area contributed by atoms with E-state index in [2.05, 4.69) is 5.32 Å². The average Bonchev–Trinajstić information content (AvgIpc) is 3.72. The van der Waals surface area contributed by atoms with Crippen molar-refractivity contribution in [1.29, 1.82) is 0 Å². The van der Waals surface area contributed by atoms with E-state index in [1.54, 1.807) is 55.3 Å². The van der Waals surface area contributed by atoms with Crippen LogP contribution in [0.1, 0.15) is 70.8 Å². The zero-order chi connectivity index (χ0) is 40.5. The number of nitrogens with one attached hydrogen (secondary N) is 1. The number of aromatic nitrogens is 1. The van der Waals surface area contributed by atoms with E-state index in [4.69, 9.17) is 35.0 Å². The molecule has 1 N–H and O–H groups in total. The Labute approximate surface area is 334 Å². The maximum Gasteiger partial charge on any atom is 0.250 e. The van der Waals surface area contributed by atoms with Gasteiger partial charge in [-0.1, -0.05) is 38.4 Å². The van der Waals surface area contributed by atoms with E-state index in [1.807, 2.05) is 24.5 Å². The summed E-state index contributed by atoms with van der Waals surface area (Å²) in [6.07, 6.45) is 0.666.